The minimum atomic E-state index is 0.703. The fourth-order valence-electron chi connectivity index (χ4n) is 2.16. The van der Waals surface area contributed by atoms with Crippen molar-refractivity contribution in [2.75, 3.05) is 18.4 Å². The fourth-order valence-corrected chi connectivity index (χ4v) is 2.41. The van der Waals surface area contributed by atoms with Crippen LogP contribution in [0.1, 0.15) is 72.1 Å². The van der Waals surface area contributed by atoms with Gasteiger partial charge in [0, 0.05) is 11.4 Å². The van der Waals surface area contributed by atoms with Gasteiger partial charge in [-0.2, -0.15) is 0 Å². The van der Waals surface area contributed by atoms with Crippen molar-refractivity contribution in [1.82, 2.24) is 4.90 Å². The molecule has 0 aromatic carbocycles. The third-order valence-corrected chi connectivity index (χ3v) is 3.92. The van der Waals surface area contributed by atoms with E-state index < -0.39 is 0 Å². The third-order valence-electron chi connectivity index (χ3n) is 3.36. The van der Waals surface area contributed by atoms with E-state index in [9.17, 15) is 0 Å². The van der Waals surface area contributed by atoms with Crippen LogP contribution in [0.3, 0.4) is 0 Å². The van der Waals surface area contributed by atoms with E-state index >= 15 is 0 Å². The standard InChI is InChI=1S/C15H32BrN/c1-4-5-6-7-8-9-10-13-17(15(2)3)14-11-12-16/h15H,4-14H2,1-3H3. The van der Waals surface area contributed by atoms with Crippen molar-refractivity contribution < 1.29 is 0 Å². The Morgan fingerprint density at radius 3 is 1.88 bits per heavy atom. The second kappa shape index (κ2) is 12.9. The summed E-state index contributed by atoms with van der Waals surface area (Å²) in [5.41, 5.74) is 0. The lowest BCUT2D eigenvalue weighted by atomic mass is 10.1. The number of hydrogen-bond acceptors (Lipinski definition) is 1. The minimum absolute atomic E-state index is 0.703. The Kier molecular flexibility index (Phi) is 13.2. The van der Waals surface area contributed by atoms with Gasteiger partial charge in [-0.15, -0.1) is 0 Å². The quantitative estimate of drug-likeness (QED) is 0.352. The van der Waals surface area contributed by atoms with Gasteiger partial charge >= 0.3 is 0 Å². The van der Waals surface area contributed by atoms with E-state index in [1.807, 2.05) is 0 Å². The molecule has 0 aromatic heterocycles. The van der Waals surface area contributed by atoms with Crippen molar-refractivity contribution in [3.63, 3.8) is 0 Å². The highest BCUT2D eigenvalue weighted by molar-refractivity contribution is 9.09. The molecule has 0 bridgehead atoms. The van der Waals surface area contributed by atoms with E-state index in [0.717, 1.165) is 5.33 Å². The molecule has 0 unspecified atom stereocenters. The summed E-state index contributed by atoms with van der Waals surface area (Å²) in [5, 5.41) is 1.13. The molecule has 0 radical (unpaired) electrons. The predicted octanol–water partition coefficient (Wildman–Crippen LogP) is 5.23. The maximum absolute atomic E-state index is 3.52. The number of unbranched alkanes of at least 4 members (excludes halogenated alkanes) is 6. The van der Waals surface area contributed by atoms with Crippen LogP contribution in [-0.4, -0.2) is 29.4 Å². The molecular formula is C15H32BrN. The molecule has 0 saturated carbocycles. The Hall–Kier alpha value is 0.440. The van der Waals surface area contributed by atoms with Crippen LogP contribution in [0, 0.1) is 0 Å². The Bertz CT molecular complexity index is 148. The molecule has 0 aliphatic rings. The molecule has 0 aliphatic heterocycles. The number of halogens is 1. The van der Waals surface area contributed by atoms with Crippen LogP contribution in [0.25, 0.3) is 0 Å². The van der Waals surface area contributed by atoms with Crippen LogP contribution in [0.4, 0.5) is 0 Å². The summed E-state index contributed by atoms with van der Waals surface area (Å²) in [6.45, 7) is 9.45. The van der Waals surface area contributed by atoms with E-state index in [1.54, 1.807) is 0 Å². The van der Waals surface area contributed by atoms with Crippen LogP contribution < -0.4 is 0 Å². The largest absolute Gasteiger partial charge is 0.301 e. The zero-order valence-electron chi connectivity index (χ0n) is 12.2. The molecule has 0 aliphatic carbocycles. The van der Waals surface area contributed by atoms with Crippen LogP contribution in [-0.2, 0) is 0 Å². The first-order valence-corrected chi connectivity index (χ1v) is 8.64. The molecule has 0 aromatic rings. The normalized spacial score (nSPS) is 11.6. The zero-order chi connectivity index (χ0) is 12.9. The summed E-state index contributed by atoms with van der Waals surface area (Å²) >= 11 is 3.52. The van der Waals surface area contributed by atoms with Crippen molar-refractivity contribution in [2.24, 2.45) is 0 Å². The monoisotopic (exact) mass is 305 g/mol. The minimum Gasteiger partial charge on any atom is -0.301 e. The third kappa shape index (κ3) is 11.3. The smallest absolute Gasteiger partial charge is 0.00434 e. The highest BCUT2D eigenvalue weighted by Gasteiger charge is 2.07. The molecule has 0 amide bonds. The molecular weight excluding hydrogens is 274 g/mol. The number of rotatable bonds is 12. The van der Waals surface area contributed by atoms with Crippen molar-refractivity contribution in [3.8, 4) is 0 Å². The summed E-state index contributed by atoms with van der Waals surface area (Å²) in [4.78, 5) is 2.62. The molecule has 17 heavy (non-hydrogen) atoms. The topological polar surface area (TPSA) is 3.24 Å². The van der Waals surface area contributed by atoms with E-state index in [0.29, 0.717) is 6.04 Å². The van der Waals surface area contributed by atoms with Crippen LogP contribution in [0.5, 0.6) is 0 Å². The molecule has 0 spiro atoms. The fraction of sp³-hybridized carbons (Fsp3) is 1.00. The van der Waals surface area contributed by atoms with E-state index in [1.165, 1.54) is 64.5 Å². The van der Waals surface area contributed by atoms with Gasteiger partial charge in [-0.3, -0.25) is 0 Å². The van der Waals surface area contributed by atoms with E-state index in [2.05, 4.69) is 41.6 Å². The molecule has 0 rings (SSSR count). The second-order valence-electron chi connectivity index (χ2n) is 5.29. The number of nitrogens with zero attached hydrogens (tertiary/aromatic N) is 1. The Morgan fingerprint density at radius 1 is 0.824 bits per heavy atom. The average Bonchev–Trinajstić information content (AvgIpc) is 2.31. The molecule has 0 fully saturated rings. The molecule has 104 valence electrons. The van der Waals surface area contributed by atoms with Gasteiger partial charge in [-0.1, -0.05) is 61.4 Å². The van der Waals surface area contributed by atoms with Crippen molar-refractivity contribution in [3.05, 3.63) is 0 Å². The highest BCUT2D eigenvalue weighted by atomic mass is 79.9. The summed E-state index contributed by atoms with van der Waals surface area (Å²) in [6.07, 6.45) is 11.2. The second-order valence-corrected chi connectivity index (χ2v) is 6.09. The van der Waals surface area contributed by atoms with E-state index in [4.69, 9.17) is 0 Å². The first kappa shape index (κ1) is 17.4. The van der Waals surface area contributed by atoms with E-state index in [-0.39, 0.29) is 0 Å². The van der Waals surface area contributed by atoms with Gasteiger partial charge < -0.3 is 4.90 Å². The predicted molar refractivity (Wildman–Crippen MR) is 83.1 cm³/mol. The summed E-state index contributed by atoms with van der Waals surface area (Å²) in [6, 6.07) is 0.703. The Balaban J connectivity index is 3.41. The van der Waals surface area contributed by atoms with Crippen LogP contribution in [0.15, 0.2) is 0 Å². The Morgan fingerprint density at radius 2 is 1.35 bits per heavy atom. The van der Waals surface area contributed by atoms with Gasteiger partial charge in [0.05, 0.1) is 0 Å². The van der Waals surface area contributed by atoms with Crippen molar-refractivity contribution in [2.45, 2.75) is 78.2 Å². The maximum atomic E-state index is 3.52. The lowest BCUT2D eigenvalue weighted by molar-refractivity contribution is 0.218. The first-order valence-electron chi connectivity index (χ1n) is 7.52. The average molecular weight is 306 g/mol. The summed E-state index contributed by atoms with van der Waals surface area (Å²) in [5.74, 6) is 0. The summed E-state index contributed by atoms with van der Waals surface area (Å²) < 4.78 is 0. The van der Waals surface area contributed by atoms with Crippen LogP contribution >= 0.6 is 15.9 Å². The van der Waals surface area contributed by atoms with Crippen LogP contribution in [0.2, 0.25) is 0 Å². The van der Waals surface area contributed by atoms with Gasteiger partial charge in [0.25, 0.3) is 0 Å². The molecule has 0 saturated heterocycles. The lowest BCUT2D eigenvalue weighted by Crippen LogP contribution is -2.32. The van der Waals surface area contributed by atoms with Gasteiger partial charge in [0.2, 0.25) is 0 Å². The van der Waals surface area contributed by atoms with Crippen molar-refractivity contribution in [1.29, 1.82) is 0 Å². The number of hydrogen-bond donors (Lipinski definition) is 0. The van der Waals surface area contributed by atoms with Gasteiger partial charge in [0.1, 0.15) is 0 Å². The Labute approximate surface area is 117 Å². The molecule has 0 heterocycles. The van der Waals surface area contributed by atoms with Gasteiger partial charge in [-0.05, 0) is 39.8 Å². The summed E-state index contributed by atoms with van der Waals surface area (Å²) in [7, 11) is 0. The molecule has 0 N–H and O–H groups in total. The molecule has 2 heteroatoms. The zero-order valence-corrected chi connectivity index (χ0v) is 13.8. The lowest BCUT2D eigenvalue weighted by Gasteiger charge is -2.26. The van der Waals surface area contributed by atoms with Crippen molar-refractivity contribution >= 4 is 15.9 Å². The molecule has 1 nitrogen and oxygen atoms in total. The highest BCUT2D eigenvalue weighted by Crippen LogP contribution is 2.09. The first-order chi connectivity index (χ1) is 8.22. The molecule has 0 atom stereocenters. The maximum Gasteiger partial charge on any atom is 0.00434 e. The number of alkyl halides is 1. The van der Waals surface area contributed by atoms with Gasteiger partial charge in [-0.25, -0.2) is 0 Å². The van der Waals surface area contributed by atoms with Gasteiger partial charge in [0.15, 0.2) is 0 Å². The SMILES string of the molecule is CCCCCCCCCN(CCCBr)C(C)C.